The van der Waals surface area contributed by atoms with E-state index in [0.717, 1.165) is 0 Å². The Kier molecular flexibility index (Phi) is 4.06. The first-order valence-electron chi connectivity index (χ1n) is 5.13. The Labute approximate surface area is 125 Å². The Bertz CT molecular complexity index is 680. The molecule has 0 radical (unpaired) electrons. The maximum atomic E-state index is 8.84. The van der Waals surface area contributed by atoms with E-state index in [1.165, 1.54) is 18.2 Å². The highest BCUT2D eigenvalue weighted by Crippen LogP contribution is 2.37. The predicted molar refractivity (Wildman–Crippen MR) is 77.1 cm³/mol. The topological polar surface area (TPSA) is 59.0 Å². The minimum Gasteiger partial charge on any atom is -0.454 e. The fraction of sp³-hybridized carbons (Fsp3) is 0. The van der Waals surface area contributed by atoms with Crippen LogP contribution >= 0.6 is 34.8 Å². The monoisotopic (exact) mass is 312 g/mol. The third-order valence-electron chi connectivity index (χ3n) is 2.34. The van der Waals surface area contributed by atoms with E-state index in [0.29, 0.717) is 37.8 Å². The standard InChI is InChI=1S/C13H7Cl3N2O/c14-8-4-10(16)12(5-9(8)15)19-13-3-7(6-17)1-2-11(13)18/h1-5H,18H2. The summed E-state index contributed by atoms with van der Waals surface area (Å²) in [6.45, 7) is 0. The summed E-state index contributed by atoms with van der Waals surface area (Å²) in [5, 5.41) is 9.79. The van der Waals surface area contributed by atoms with Crippen LogP contribution in [0.1, 0.15) is 5.56 Å². The second kappa shape index (κ2) is 5.58. The number of nitrogen functional groups attached to an aromatic ring is 1. The van der Waals surface area contributed by atoms with Gasteiger partial charge in [0.2, 0.25) is 0 Å². The Morgan fingerprint density at radius 1 is 0.947 bits per heavy atom. The molecule has 0 aromatic heterocycles. The van der Waals surface area contributed by atoms with E-state index in [-0.39, 0.29) is 0 Å². The van der Waals surface area contributed by atoms with Crippen LogP contribution in [0.15, 0.2) is 30.3 Å². The third kappa shape index (κ3) is 3.05. The van der Waals surface area contributed by atoms with Crippen LogP contribution in [0.4, 0.5) is 5.69 Å². The Morgan fingerprint density at radius 2 is 1.63 bits per heavy atom. The van der Waals surface area contributed by atoms with Crippen molar-refractivity contribution in [1.82, 2.24) is 0 Å². The van der Waals surface area contributed by atoms with Crippen LogP contribution in [0.5, 0.6) is 11.5 Å². The van der Waals surface area contributed by atoms with Gasteiger partial charge in [-0.25, -0.2) is 0 Å². The van der Waals surface area contributed by atoms with E-state index in [9.17, 15) is 0 Å². The normalized spacial score (nSPS) is 10.0. The zero-order valence-electron chi connectivity index (χ0n) is 9.45. The molecule has 0 saturated carbocycles. The van der Waals surface area contributed by atoms with Gasteiger partial charge in [-0.15, -0.1) is 0 Å². The van der Waals surface area contributed by atoms with Crippen molar-refractivity contribution in [1.29, 1.82) is 5.26 Å². The third-order valence-corrected chi connectivity index (χ3v) is 3.35. The van der Waals surface area contributed by atoms with Gasteiger partial charge in [0.05, 0.1) is 32.4 Å². The minimum atomic E-state index is 0.302. The summed E-state index contributed by atoms with van der Waals surface area (Å²) in [4.78, 5) is 0. The van der Waals surface area contributed by atoms with Crippen LogP contribution in [0.3, 0.4) is 0 Å². The molecule has 0 saturated heterocycles. The highest BCUT2D eigenvalue weighted by atomic mass is 35.5. The number of anilines is 1. The van der Waals surface area contributed by atoms with E-state index in [2.05, 4.69) is 0 Å². The number of rotatable bonds is 2. The first-order valence-corrected chi connectivity index (χ1v) is 6.26. The summed E-state index contributed by atoms with van der Waals surface area (Å²) in [6.07, 6.45) is 0. The summed E-state index contributed by atoms with van der Waals surface area (Å²) in [5.74, 6) is 0.650. The highest BCUT2D eigenvalue weighted by molar-refractivity contribution is 6.43. The number of nitriles is 1. The Balaban J connectivity index is 2.42. The van der Waals surface area contributed by atoms with Crippen molar-refractivity contribution in [3.8, 4) is 17.6 Å². The van der Waals surface area contributed by atoms with Gasteiger partial charge in [-0.3, -0.25) is 0 Å². The smallest absolute Gasteiger partial charge is 0.151 e. The van der Waals surface area contributed by atoms with E-state index in [1.54, 1.807) is 12.1 Å². The van der Waals surface area contributed by atoms with E-state index >= 15 is 0 Å². The molecule has 2 aromatic carbocycles. The molecule has 0 fully saturated rings. The molecule has 2 aromatic rings. The SMILES string of the molecule is N#Cc1ccc(N)c(Oc2cc(Cl)c(Cl)cc2Cl)c1. The number of halogens is 3. The zero-order chi connectivity index (χ0) is 14.0. The fourth-order valence-corrected chi connectivity index (χ4v) is 1.97. The molecule has 0 bridgehead atoms. The van der Waals surface area contributed by atoms with Crippen LogP contribution in [-0.4, -0.2) is 0 Å². The molecule has 0 amide bonds. The summed E-state index contributed by atoms with van der Waals surface area (Å²) in [6, 6.07) is 9.67. The lowest BCUT2D eigenvalue weighted by Gasteiger charge is -2.11. The van der Waals surface area contributed by atoms with Crippen LogP contribution < -0.4 is 10.5 Å². The second-order valence-corrected chi connectivity index (χ2v) is 4.88. The van der Waals surface area contributed by atoms with Crippen molar-refractivity contribution in [2.24, 2.45) is 0 Å². The molecular formula is C13H7Cl3N2O. The van der Waals surface area contributed by atoms with Gasteiger partial charge >= 0.3 is 0 Å². The van der Waals surface area contributed by atoms with Gasteiger partial charge in [0.25, 0.3) is 0 Å². The van der Waals surface area contributed by atoms with Crippen LogP contribution in [0, 0.1) is 11.3 Å². The lowest BCUT2D eigenvalue weighted by molar-refractivity contribution is 0.485. The number of hydrogen-bond acceptors (Lipinski definition) is 3. The van der Waals surface area contributed by atoms with Crippen molar-refractivity contribution in [3.05, 3.63) is 51.0 Å². The molecule has 96 valence electrons. The summed E-state index contributed by atoms with van der Waals surface area (Å²) in [7, 11) is 0. The average molecular weight is 314 g/mol. The lowest BCUT2D eigenvalue weighted by atomic mass is 10.2. The molecule has 0 spiro atoms. The van der Waals surface area contributed by atoms with E-state index < -0.39 is 0 Å². The summed E-state index contributed by atoms with van der Waals surface area (Å²) >= 11 is 17.7. The number of hydrogen-bond donors (Lipinski definition) is 1. The molecule has 2 rings (SSSR count). The van der Waals surface area contributed by atoms with Crippen molar-refractivity contribution >= 4 is 40.5 Å². The average Bonchev–Trinajstić information content (AvgIpc) is 2.38. The quantitative estimate of drug-likeness (QED) is 0.634. The molecular weight excluding hydrogens is 307 g/mol. The van der Waals surface area contributed by atoms with Gasteiger partial charge in [-0.05, 0) is 18.2 Å². The van der Waals surface area contributed by atoms with Gasteiger partial charge in [0.1, 0.15) is 5.75 Å². The molecule has 2 N–H and O–H groups in total. The Hall–Kier alpha value is -1.60. The first kappa shape index (κ1) is 13.8. The molecule has 0 heterocycles. The maximum absolute atomic E-state index is 8.84. The van der Waals surface area contributed by atoms with E-state index in [1.807, 2.05) is 6.07 Å². The van der Waals surface area contributed by atoms with Gasteiger partial charge in [0.15, 0.2) is 5.75 Å². The fourth-order valence-electron chi connectivity index (χ4n) is 1.39. The molecule has 3 nitrogen and oxygen atoms in total. The van der Waals surface area contributed by atoms with Crippen LogP contribution in [-0.2, 0) is 0 Å². The number of benzene rings is 2. The largest absolute Gasteiger partial charge is 0.454 e. The van der Waals surface area contributed by atoms with Crippen LogP contribution in [0.25, 0.3) is 0 Å². The van der Waals surface area contributed by atoms with Gasteiger partial charge in [0, 0.05) is 12.1 Å². The van der Waals surface area contributed by atoms with Gasteiger partial charge in [-0.2, -0.15) is 5.26 Å². The molecule has 0 unspecified atom stereocenters. The van der Waals surface area contributed by atoms with Gasteiger partial charge < -0.3 is 10.5 Å². The minimum absolute atomic E-state index is 0.302. The second-order valence-electron chi connectivity index (χ2n) is 3.66. The summed E-state index contributed by atoms with van der Waals surface area (Å²) in [5.41, 5.74) is 6.59. The molecule has 0 aliphatic rings. The maximum Gasteiger partial charge on any atom is 0.151 e. The van der Waals surface area contributed by atoms with Crippen molar-refractivity contribution in [3.63, 3.8) is 0 Å². The first-order chi connectivity index (χ1) is 9.01. The van der Waals surface area contributed by atoms with Crippen molar-refractivity contribution in [2.75, 3.05) is 5.73 Å². The van der Waals surface area contributed by atoms with Crippen molar-refractivity contribution < 1.29 is 4.74 Å². The molecule has 6 heteroatoms. The Morgan fingerprint density at radius 3 is 2.32 bits per heavy atom. The molecule has 0 atom stereocenters. The van der Waals surface area contributed by atoms with E-state index in [4.69, 9.17) is 50.5 Å². The van der Waals surface area contributed by atoms with Crippen LogP contribution in [0.2, 0.25) is 15.1 Å². The van der Waals surface area contributed by atoms with Gasteiger partial charge in [-0.1, -0.05) is 34.8 Å². The highest BCUT2D eigenvalue weighted by Gasteiger charge is 2.10. The predicted octanol–water partition coefficient (Wildman–Crippen LogP) is 4.89. The number of nitrogens with zero attached hydrogens (tertiary/aromatic N) is 1. The van der Waals surface area contributed by atoms with Crippen molar-refractivity contribution in [2.45, 2.75) is 0 Å². The lowest BCUT2D eigenvalue weighted by Crippen LogP contribution is -1.93. The number of nitrogens with two attached hydrogens (primary N) is 1. The molecule has 0 aliphatic heterocycles. The summed E-state index contributed by atoms with van der Waals surface area (Å²) < 4.78 is 5.57. The molecule has 0 aliphatic carbocycles. The zero-order valence-corrected chi connectivity index (χ0v) is 11.7. The molecule has 19 heavy (non-hydrogen) atoms. The number of ether oxygens (including phenoxy) is 1.